The first-order chi connectivity index (χ1) is 19.0. The van der Waals surface area contributed by atoms with Gasteiger partial charge in [-0.1, -0.05) is 48.5 Å². The van der Waals surface area contributed by atoms with Gasteiger partial charge >= 0.3 is 0 Å². The molecule has 7 heteroatoms. The predicted octanol–water partition coefficient (Wildman–Crippen LogP) is 4.80. The molecule has 1 amide bonds. The fourth-order valence-corrected chi connectivity index (χ4v) is 7.24. The number of pyridine rings is 1. The van der Waals surface area contributed by atoms with E-state index < -0.39 is 11.0 Å². The Morgan fingerprint density at radius 1 is 0.846 bits per heavy atom. The lowest BCUT2D eigenvalue weighted by atomic mass is 9.58. The summed E-state index contributed by atoms with van der Waals surface area (Å²) in [4.78, 5) is 33.6. The number of methoxy groups -OCH3 is 2. The maximum atomic E-state index is 15.0. The van der Waals surface area contributed by atoms with Gasteiger partial charge in [0.15, 0.2) is 17.3 Å². The molecule has 39 heavy (non-hydrogen) atoms. The molecule has 0 saturated carbocycles. The largest absolute Gasteiger partial charge is 0.493 e. The molecular formula is C32H27N3O4. The number of ether oxygens (including phenoxy) is 2. The van der Waals surface area contributed by atoms with Gasteiger partial charge in [-0.2, -0.15) is 0 Å². The molecule has 1 fully saturated rings. The second-order valence-electron chi connectivity index (χ2n) is 10.4. The molecule has 0 bridgehead atoms. The number of hydrogen-bond acceptors (Lipinski definition) is 6. The number of rotatable bonds is 4. The first-order valence-electron chi connectivity index (χ1n) is 13.0. The molecule has 3 aliphatic rings. The number of fused-ring (bicyclic) bond motifs is 4. The number of para-hydroxylation sites is 1. The van der Waals surface area contributed by atoms with Crippen molar-refractivity contribution in [3.63, 3.8) is 0 Å². The lowest BCUT2D eigenvalue weighted by molar-refractivity contribution is -0.124. The Morgan fingerprint density at radius 3 is 2.28 bits per heavy atom. The van der Waals surface area contributed by atoms with Crippen LogP contribution in [0.1, 0.15) is 44.6 Å². The zero-order valence-electron chi connectivity index (χ0n) is 21.6. The van der Waals surface area contributed by atoms with Crippen LogP contribution < -0.4 is 20.1 Å². The number of anilines is 1. The Balaban J connectivity index is 1.56. The van der Waals surface area contributed by atoms with Crippen molar-refractivity contribution in [2.24, 2.45) is 5.41 Å². The number of aromatic nitrogens is 1. The van der Waals surface area contributed by atoms with Gasteiger partial charge in [-0.25, -0.2) is 0 Å². The van der Waals surface area contributed by atoms with Gasteiger partial charge in [0, 0.05) is 41.2 Å². The minimum atomic E-state index is -1.31. The van der Waals surface area contributed by atoms with Crippen molar-refractivity contribution in [2.75, 3.05) is 19.5 Å². The van der Waals surface area contributed by atoms with Gasteiger partial charge in [0.2, 0.25) is 0 Å². The molecule has 4 aromatic rings. The van der Waals surface area contributed by atoms with Crippen molar-refractivity contribution in [3.8, 4) is 11.5 Å². The number of nitrogens with zero attached hydrogens (tertiary/aromatic N) is 1. The molecular weight excluding hydrogens is 490 g/mol. The molecule has 7 rings (SSSR count). The normalized spacial score (nSPS) is 26.5. The Morgan fingerprint density at radius 2 is 1.54 bits per heavy atom. The second kappa shape index (κ2) is 8.51. The van der Waals surface area contributed by atoms with Crippen molar-refractivity contribution in [1.82, 2.24) is 10.3 Å². The lowest BCUT2D eigenvalue weighted by Gasteiger charge is -2.41. The number of benzene rings is 3. The zero-order chi connectivity index (χ0) is 26.8. The molecule has 194 valence electrons. The van der Waals surface area contributed by atoms with Crippen molar-refractivity contribution in [1.29, 1.82) is 0 Å². The van der Waals surface area contributed by atoms with E-state index in [1.807, 2.05) is 60.7 Å². The first-order valence-corrected chi connectivity index (χ1v) is 13.0. The SMILES string of the molecule is COc1cc2c(cc1OC)C(=O)C1(C2)C(c2ccncc2)C(c2ccccc2)NC12C(=O)Nc1ccccc12. The third-order valence-corrected chi connectivity index (χ3v) is 8.78. The first kappa shape index (κ1) is 23.6. The lowest BCUT2D eigenvalue weighted by Crippen LogP contribution is -2.57. The number of Topliss-reactive ketones (excluding diaryl/α,β-unsaturated/α-hetero) is 1. The molecule has 0 radical (unpaired) electrons. The summed E-state index contributed by atoms with van der Waals surface area (Å²) in [5.41, 5.74) is 2.36. The van der Waals surface area contributed by atoms with Crippen LogP contribution in [0.2, 0.25) is 0 Å². The molecule has 2 spiro atoms. The molecule has 1 saturated heterocycles. The van der Waals surface area contributed by atoms with Gasteiger partial charge in [-0.05, 0) is 53.4 Å². The van der Waals surface area contributed by atoms with E-state index in [-0.39, 0.29) is 23.7 Å². The maximum Gasteiger partial charge on any atom is 0.250 e. The molecule has 7 nitrogen and oxygen atoms in total. The highest BCUT2D eigenvalue weighted by atomic mass is 16.5. The number of carbonyl (C=O) groups is 2. The minimum Gasteiger partial charge on any atom is -0.493 e. The summed E-state index contributed by atoms with van der Waals surface area (Å²) in [7, 11) is 3.14. The molecule has 3 aromatic carbocycles. The van der Waals surface area contributed by atoms with E-state index in [1.54, 1.807) is 32.7 Å². The quantitative estimate of drug-likeness (QED) is 0.404. The van der Waals surface area contributed by atoms with Crippen molar-refractivity contribution >= 4 is 17.4 Å². The van der Waals surface area contributed by atoms with Crippen molar-refractivity contribution in [3.05, 3.63) is 119 Å². The Kier molecular flexibility index (Phi) is 5.15. The highest BCUT2D eigenvalue weighted by Crippen LogP contribution is 2.68. The molecule has 1 aliphatic carbocycles. The van der Waals surface area contributed by atoms with E-state index >= 15 is 4.79 Å². The fraction of sp³-hybridized carbons (Fsp3) is 0.219. The van der Waals surface area contributed by atoms with E-state index in [0.29, 0.717) is 23.5 Å². The Hall–Kier alpha value is -4.49. The third-order valence-electron chi connectivity index (χ3n) is 8.78. The van der Waals surface area contributed by atoms with Crippen LogP contribution in [0.3, 0.4) is 0 Å². The van der Waals surface area contributed by atoms with Crippen LogP contribution in [-0.4, -0.2) is 30.9 Å². The number of hydrogen-bond donors (Lipinski definition) is 2. The molecule has 1 aromatic heterocycles. The molecule has 4 unspecified atom stereocenters. The second-order valence-corrected chi connectivity index (χ2v) is 10.4. The number of ketones is 1. The summed E-state index contributed by atoms with van der Waals surface area (Å²) >= 11 is 0. The van der Waals surface area contributed by atoms with E-state index in [2.05, 4.69) is 27.8 Å². The topological polar surface area (TPSA) is 89.6 Å². The molecule has 4 atom stereocenters. The van der Waals surface area contributed by atoms with E-state index in [0.717, 1.165) is 27.9 Å². The van der Waals surface area contributed by atoms with Gasteiger partial charge in [0.25, 0.3) is 5.91 Å². The molecule has 3 heterocycles. The monoisotopic (exact) mass is 517 g/mol. The van der Waals surface area contributed by atoms with E-state index in [1.165, 1.54) is 0 Å². The maximum absolute atomic E-state index is 15.0. The van der Waals surface area contributed by atoms with Crippen LogP contribution in [0.5, 0.6) is 11.5 Å². The van der Waals surface area contributed by atoms with Gasteiger partial charge < -0.3 is 14.8 Å². The van der Waals surface area contributed by atoms with Gasteiger partial charge in [-0.15, -0.1) is 0 Å². The summed E-state index contributed by atoms with van der Waals surface area (Å²) in [5, 5.41) is 6.88. The Labute approximate surface area is 226 Å². The highest BCUT2D eigenvalue weighted by molar-refractivity contribution is 6.16. The summed E-state index contributed by atoms with van der Waals surface area (Å²) < 4.78 is 11.2. The summed E-state index contributed by atoms with van der Waals surface area (Å²) in [6.07, 6.45) is 3.85. The summed E-state index contributed by atoms with van der Waals surface area (Å²) in [6, 6.07) is 25.0. The van der Waals surface area contributed by atoms with Crippen LogP contribution in [0.25, 0.3) is 0 Å². The smallest absolute Gasteiger partial charge is 0.250 e. The fourth-order valence-electron chi connectivity index (χ4n) is 7.24. The van der Waals surface area contributed by atoms with Crippen LogP contribution >= 0.6 is 0 Å². The Bertz CT molecular complexity index is 1620. The third kappa shape index (κ3) is 2.99. The van der Waals surface area contributed by atoms with Gasteiger partial charge in [0.1, 0.15) is 5.54 Å². The van der Waals surface area contributed by atoms with Gasteiger partial charge in [0.05, 0.1) is 19.6 Å². The van der Waals surface area contributed by atoms with E-state index in [4.69, 9.17) is 9.47 Å². The van der Waals surface area contributed by atoms with Crippen LogP contribution in [-0.2, 0) is 16.8 Å². The number of carbonyl (C=O) groups excluding carboxylic acids is 2. The van der Waals surface area contributed by atoms with E-state index in [9.17, 15) is 4.79 Å². The van der Waals surface area contributed by atoms with Crippen LogP contribution in [0.15, 0.2) is 91.3 Å². The zero-order valence-corrected chi connectivity index (χ0v) is 21.6. The highest BCUT2D eigenvalue weighted by Gasteiger charge is 2.75. The number of amides is 1. The van der Waals surface area contributed by atoms with Gasteiger partial charge in [-0.3, -0.25) is 19.9 Å². The number of nitrogens with one attached hydrogen (secondary N) is 2. The summed E-state index contributed by atoms with van der Waals surface area (Å²) in [5.74, 6) is 0.353. The average Bonchev–Trinajstić information content (AvgIpc) is 3.56. The van der Waals surface area contributed by atoms with Crippen molar-refractivity contribution < 1.29 is 19.1 Å². The predicted molar refractivity (Wildman–Crippen MR) is 146 cm³/mol. The van der Waals surface area contributed by atoms with Crippen molar-refractivity contribution in [2.45, 2.75) is 23.9 Å². The van der Waals surface area contributed by atoms with Crippen LogP contribution in [0, 0.1) is 5.41 Å². The summed E-state index contributed by atoms with van der Waals surface area (Å²) in [6.45, 7) is 0. The standard InChI is InChI=1S/C32H27N3O4/c1-38-25-16-21-18-31(29(36)22(21)17-26(25)39-2)27(19-12-14-33-15-13-19)28(20-8-4-3-5-9-20)35-32(31)23-10-6-7-11-24(23)34-30(32)37/h3-17,27-28,35H,18H2,1-2H3,(H,34,37). The molecule has 2 aliphatic heterocycles. The average molecular weight is 518 g/mol. The minimum absolute atomic E-state index is 0.0851. The molecule has 2 N–H and O–H groups in total. The van der Waals surface area contributed by atoms with Crippen LogP contribution in [0.4, 0.5) is 5.69 Å².